The average molecular weight is 351 g/mol. The van der Waals surface area contributed by atoms with E-state index in [1.165, 1.54) is 30.4 Å². The molecule has 1 aromatic carbocycles. The Morgan fingerprint density at radius 1 is 1.35 bits per heavy atom. The molecule has 2 aromatic rings. The van der Waals surface area contributed by atoms with E-state index >= 15 is 0 Å². The second kappa shape index (κ2) is 4.99. The van der Waals surface area contributed by atoms with Gasteiger partial charge in [0.25, 0.3) is 0 Å². The number of hydrogen-bond acceptors (Lipinski definition) is 3. The first-order chi connectivity index (χ1) is 9.69. The highest BCUT2D eigenvalue weighted by Crippen LogP contribution is 2.50. The maximum atomic E-state index is 4.72. The Balaban J connectivity index is 1.52. The zero-order chi connectivity index (χ0) is 13.7. The topological polar surface area (TPSA) is 24.9 Å². The number of nitrogens with one attached hydrogen (secondary N) is 1. The van der Waals surface area contributed by atoms with E-state index in [4.69, 9.17) is 4.98 Å². The molecule has 2 aliphatic rings. The summed E-state index contributed by atoms with van der Waals surface area (Å²) in [6.07, 6.45) is 5.83. The summed E-state index contributed by atoms with van der Waals surface area (Å²) in [6.45, 7) is 2.34. The first-order valence-corrected chi connectivity index (χ1v) is 9.12. The van der Waals surface area contributed by atoms with Gasteiger partial charge in [0.1, 0.15) is 0 Å². The lowest BCUT2D eigenvalue weighted by atomic mass is 9.84. The molecule has 0 aliphatic heterocycles. The maximum absolute atomic E-state index is 4.72. The minimum atomic E-state index is 0.550. The molecule has 0 amide bonds. The maximum Gasteiger partial charge on any atom is 0.184 e. The molecule has 2 saturated carbocycles. The summed E-state index contributed by atoms with van der Waals surface area (Å²) in [6, 6.07) is 6.88. The summed E-state index contributed by atoms with van der Waals surface area (Å²) >= 11 is 5.28. The molecule has 2 nitrogen and oxygen atoms in total. The minimum absolute atomic E-state index is 0.550. The molecule has 1 N–H and O–H groups in total. The Morgan fingerprint density at radius 2 is 2.25 bits per heavy atom. The van der Waals surface area contributed by atoms with Crippen LogP contribution in [0.4, 0.5) is 5.13 Å². The van der Waals surface area contributed by atoms with E-state index in [1.807, 2.05) is 0 Å². The molecule has 1 heterocycles. The standard InChI is InChI=1S/C16H19BrN2S/c1-9(13-7-10-2-3-11(13)6-10)18-16-19-14-8-12(17)4-5-15(14)20-16/h4-5,8-11,13H,2-3,6-7H2,1H3,(H,18,19). The Hall–Kier alpha value is -0.610. The fourth-order valence-corrected chi connectivity index (χ4v) is 5.46. The van der Waals surface area contributed by atoms with Crippen LogP contribution in [0, 0.1) is 17.8 Å². The van der Waals surface area contributed by atoms with Gasteiger partial charge in [0.15, 0.2) is 5.13 Å². The van der Waals surface area contributed by atoms with E-state index < -0.39 is 0 Å². The van der Waals surface area contributed by atoms with Crippen molar-refractivity contribution in [3.8, 4) is 0 Å². The predicted molar refractivity (Wildman–Crippen MR) is 89.3 cm³/mol. The predicted octanol–water partition coefficient (Wildman–Crippen LogP) is 5.30. The molecule has 4 rings (SSSR count). The van der Waals surface area contributed by atoms with Crippen LogP contribution in [0.2, 0.25) is 0 Å². The number of rotatable bonds is 3. The molecule has 2 bridgehead atoms. The van der Waals surface area contributed by atoms with Crippen LogP contribution in [0.5, 0.6) is 0 Å². The third kappa shape index (κ3) is 2.27. The van der Waals surface area contributed by atoms with Crippen LogP contribution in [0.1, 0.15) is 32.6 Å². The number of fused-ring (bicyclic) bond motifs is 3. The van der Waals surface area contributed by atoms with Gasteiger partial charge in [-0.3, -0.25) is 0 Å². The van der Waals surface area contributed by atoms with Gasteiger partial charge in [0.2, 0.25) is 0 Å². The van der Waals surface area contributed by atoms with Crippen molar-refractivity contribution in [3.05, 3.63) is 22.7 Å². The van der Waals surface area contributed by atoms with Gasteiger partial charge in [-0.25, -0.2) is 4.98 Å². The lowest BCUT2D eigenvalue weighted by Crippen LogP contribution is -2.29. The molecule has 4 unspecified atom stereocenters. The number of nitrogens with zero attached hydrogens (tertiary/aromatic N) is 1. The molecule has 20 heavy (non-hydrogen) atoms. The molecule has 1 aromatic heterocycles. The normalized spacial score (nSPS) is 30.0. The van der Waals surface area contributed by atoms with E-state index in [2.05, 4.69) is 46.4 Å². The van der Waals surface area contributed by atoms with Crippen molar-refractivity contribution in [2.75, 3.05) is 5.32 Å². The van der Waals surface area contributed by atoms with Crippen LogP contribution in [0.3, 0.4) is 0 Å². The first kappa shape index (κ1) is 13.1. The lowest BCUT2D eigenvalue weighted by molar-refractivity contribution is 0.304. The third-order valence-corrected chi connectivity index (χ3v) is 6.60. The number of benzene rings is 1. The summed E-state index contributed by atoms with van der Waals surface area (Å²) in [4.78, 5) is 4.72. The van der Waals surface area contributed by atoms with Gasteiger partial charge >= 0.3 is 0 Å². The number of thiazole rings is 1. The van der Waals surface area contributed by atoms with Gasteiger partial charge in [0.05, 0.1) is 10.2 Å². The average Bonchev–Trinajstić information content (AvgIpc) is 3.11. The fourth-order valence-electron chi connectivity index (χ4n) is 4.17. The molecule has 0 spiro atoms. The highest BCUT2D eigenvalue weighted by Gasteiger charge is 2.41. The van der Waals surface area contributed by atoms with E-state index in [1.54, 1.807) is 11.3 Å². The monoisotopic (exact) mass is 350 g/mol. The van der Waals surface area contributed by atoms with E-state index in [9.17, 15) is 0 Å². The zero-order valence-corrected chi connectivity index (χ0v) is 14.0. The Bertz CT molecular complexity index is 638. The van der Waals surface area contributed by atoms with Crippen molar-refractivity contribution in [1.82, 2.24) is 4.98 Å². The van der Waals surface area contributed by atoms with Crippen molar-refractivity contribution < 1.29 is 0 Å². The van der Waals surface area contributed by atoms with Crippen LogP contribution in [-0.4, -0.2) is 11.0 Å². The highest BCUT2D eigenvalue weighted by atomic mass is 79.9. The molecule has 0 radical (unpaired) electrons. The Kier molecular flexibility index (Phi) is 3.26. The van der Waals surface area contributed by atoms with Crippen LogP contribution < -0.4 is 5.32 Å². The van der Waals surface area contributed by atoms with Crippen molar-refractivity contribution in [2.45, 2.75) is 38.6 Å². The van der Waals surface area contributed by atoms with E-state index in [0.29, 0.717) is 6.04 Å². The molecular weight excluding hydrogens is 332 g/mol. The van der Waals surface area contributed by atoms with Crippen molar-refractivity contribution in [2.24, 2.45) is 17.8 Å². The largest absolute Gasteiger partial charge is 0.359 e. The van der Waals surface area contributed by atoms with Gasteiger partial charge in [-0.15, -0.1) is 0 Å². The van der Waals surface area contributed by atoms with E-state index in [-0.39, 0.29) is 0 Å². The fraction of sp³-hybridized carbons (Fsp3) is 0.562. The summed E-state index contributed by atoms with van der Waals surface area (Å²) < 4.78 is 2.36. The van der Waals surface area contributed by atoms with Gasteiger partial charge in [-0.2, -0.15) is 0 Å². The van der Waals surface area contributed by atoms with Crippen LogP contribution >= 0.6 is 27.3 Å². The minimum Gasteiger partial charge on any atom is -0.359 e. The Morgan fingerprint density at radius 3 is 3.00 bits per heavy atom. The van der Waals surface area contributed by atoms with Crippen LogP contribution in [0.15, 0.2) is 22.7 Å². The molecule has 4 heteroatoms. The van der Waals surface area contributed by atoms with Gasteiger partial charge < -0.3 is 5.32 Å². The van der Waals surface area contributed by atoms with Gasteiger partial charge in [-0.05, 0) is 62.1 Å². The number of hydrogen-bond donors (Lipinski definition) is 1. The molecule has 2 fully saturated rings. The first-order valence-electron chi connectivity index (χ1n) is 7.51. The molecule has 4 atom stereocenters. The van der Waals surface area contributed by atoms with Crippen LogP contribution in [0.25, 0.3) is 10.2 Å². The second-order valence-corrected chi connectivity index (χ2v) is 8.35. The van der Waals surface area contributed by atoms with Gasteiger partial charge in [-0.1, -0.05) is 33.7 Å². The quantitative estimate of drug-likeness (QED) is 0.812. The highest BCUT2D eigenvalue weighted by molar-refractivity contribution is 9.10. The summed E-state index contributed by atoms with van der Waals surface area (Å²) in [7, 11) is 0. The lowest BCUT2D eigenvalue weighted by Gasteiger charge is -2.28. The summed E-state index contributed by atoms with van der Waals surface area (Å²) in [5.41, 5.74) is 1.09. The van der Waals surface area contributed by atoms with Crippen molar-refractivity contribution >= 4 is 42.6 Å². The SMILES string of the molecule is CC(Nc1nc2cc(Br)ccc2s1)C1CC2CCC1C2. The van der Waals surface area contributed by atoms with Crippen molar-refractivity contribution in [1.29, 1.82) is 0 Å². The Labute approximate surface area is 132 Å². The summed E-state index contributed by atoms with van der Waals surface area (Å²) in [5.74, 6) is 2.83. The second-order valence-electron chi connectivity index (χ2n) is 6.40. The number of anilines is 1. The molecule has 106 valence electrons. The third-order valence-electron chi connectivity index (χ3n) is 5.14. The molecule has 0 saturated heterocycles. The molecular formula is C16H19BrN2S. The van der Waals surface area contributed by atoms with Gasteiger partial charge in [0, 0.05) is 10.5 Å². The number of halogens is 1. The smallest absolute Gasteiger partial charge is 0.184 e. The zero-order valence-electron chi connectivity index (χ0n) is 11.6. The van der Waals surface area contributed by atoms with Crippen molar-refractivity contribution in [3.63, 3.8) is 0 Å². The molecule has 2 aliphatic carbocycles. The summed E-state index contributed by atoms with van der Waals surface area (Å²) in [5, 5.41) is 4.75. The van der Waals surface area contributed by atoms with Crippen LogP contribution in [-0.2, 0) is 0 Å². The van der Waals surface area contributed by atoms with E-state index in [0.717, 1.165) is 32.9 Å². The number of aromatic nitrogens is 1.